The number of hydrogen-bond acceptors (Lipinski definition) is 3. The van der Waals surface area contributed by atoms with Crippen molar-refractivity contribution >= 4 is 22.4 Å². The van der Waals surface area contributed by atoms with E-state index in [2.05, 4.69) is 17.0 Å². The van der Waals surface area contributed by atoms with E-state index in [1.54, 1.807) is 0 Å². The van der Waals surface area contributed by atoms with Gasteiger partial charge in [-0.1, -0.05) is 30.3 Å². The first kappa shape index (κ1) is 16.4. The molecule has 0 spiro atoms. The second-order valence-corrected chi connectivity index (χ2v) is 6.69. The van der Waals surface area contributed by atoms with Crippen LogP contribution in [0.4, 0.5) is 0 Å². The largest absolute Gasteiger partial charge is 0.314 e. The third-order valence-corrected chi connectivity index (χ3v) is 4.58. The summed E-state index contributed by atoms with van der Waals surface area (Å²) in [7, 11) is -3.24. The maximum absolute atomic E-state index is 12.0. The summed E-state index contributed by atoms with van der Waals surface area (Å²) in [5.41, 5.74) is 0.826. The fourth-order valence-corrected chi connectivity index (χ4v) is 3.76. The number of sulfonamides is 1. The lowest BCUT2D eigenvalue weighted by Crippen LogP contribution is -2.46. The van der Waals surface area contributed by atoms with Crippen LogP contribution in [0.1, 0.15) is 25.3 Å². The highest BCUT2D eigenvalue weighted by Gasteiger charge is 2.23. The zero-order chi connectivity index (χ0) is 13.0. The van der Waals surface area contributed by atoms with E-state index >= 15 is 0 Å². The van der Waals surface area contributed by atoms with Crippen molar-refractivity contribution in [3.63, 3.8) is 0 Å². The molecule has 0 saturated carbocycles. The Hall–Kier alpha value is -0.620. The number of benzene rings is 1. The molecule has 1 aromatic carbocycles. The Morgan fingerprint density at radius 1 is 1.32 bits per heavy atom. The van der Waals surface area contributed by atoms with Gasteiger partial charge in [-0.2, -0.15) is 0 Å². The summed E-state index contributed by atoms with van der Waals surface area (Å²) in [4.78, 5) is 0. The molecule has 4 nitrogen and oxygen atoms in total. The normalized spacial score (nSPS) is 23.6. The lowest BCUT2D eigenvalue weighted by molar-refractivity contribution is 0.361. The van der Waals surface area contributed by atoms with Crippen molar-refractivity contribution in [2.24, 2.45) is 0 Å². The third kappa shape index (κ3) is 5.48. The van der Waals surface area contributed by atoms with Crippen molar-refractivity contribution in [1.82, 2.24) is 10.0 Å². The maximum atomic E-state index is 12.0. The Labute approximate surface area is 121 Å². The first-order valence-corrected chi connectivity index (χ1v) is 7.98. The Bertz CT molecular complexity index is 479. The highest BCUT2D eigenvalue weighted by atomic mass is 35.5. The van der Waals surface area contributed by atoms with Gasteiger partial charge >= 0.3 is 0 Å². The van der Waals surface area contributed by atoms with Crippen LogP contribution < -0.4 is 10.0 Å². The van der Waals surface area contributed by atoms with Gasteiger partial charge in [-0.15, -0.1) is 12.4 Å². The van der Waals surface area contributed by atoms with Crippen LogP contribution in [0, 0.1) is 0 Å². The Morgan fingerprint density at radius 3 is 2.63 bits per heavy atom. The molecule has 2 N–H and O–H groups in total. The molecule has 0 aliphatic carbocycles. The predicted octanol–water partition coefficient (Wildman–Crippen LogP) is 1.67. The Morgan fingerprint density at radius 2 is 2.00 bits per heavy atom. The molecule has 1 saturated heterocycles. The number of rotatable bonds is 4. The van der Waals surface area contributed by atoms with Gasteiger partial charge in [0.2, 0.25) is 10.0 Å². The van der Waals surface area contributed by atoms with Gasteiger partial charge in [0.15, 0.2) is 0 Å². The van der Waals surface area contributed by atoms with E-state index in [0.29, 0.717) is 6.04 Å². The monoisotopic (exact) mass is 304 g/mol. The molecule has 1 aliphatic heterocycles. The molecule has 19 heavy (non-hydrogen) atoms. The molecule has 6 heteroatoms. The zero-order valence-electron chi connectivity index (χ0n) is 11.0. The third-order valence-electron chi connectivity index (χ3n) is 3.17. The molecule has 1 aromatic rings. The van der Waals surface area contributed by atoms with Crippen molar-refractivity contribution in [3.8, 4) is 0 Å². The lowest BCUT2D eigenvalue weighted by Gasteiger charge is -2.28. The molecule has 108 valence electrons. The predicted molar refractivity (Wildman–Crippen MR) is 79.9 cm³/mol. The van der Waals surface area contributed by atoms with E-state index in [-0.39, 0.29) is 24.2 Å². The van der Waals surface area contributed by atoms with Crippen LogP contribution in [0.5, 0.6) is 0 Å². The first-order chi connectivity index (χ1) is 8.55. The van der Waals surface area contributed by atoms with Crippen LogP contribution in [0.2, 0.25) is 0 Å². The summed E-state index contributed by atoms with van der Waals surface area (Å²) >= 11 is 0. The minimum absolute atomic E-state index is 0. The first-order valence-electron chi connectivity index (χ1n) is 6.32. The van der Waals surface area contributed by atoms with Crippen LogP contribution in [0.15, 0.2) is 30.3 Å². The van der Waals surface area contributed by atoms with Gasteiger partial charge in [0, 0.05) is 12.1 Å². The number of piperidine rings is 1. The number of halogens is 1. The number of nitrogens with one attached hydrogen (secondary N) is 2. The van der Waals surface area contributed by atoms with Gasteiger partial charge in [0.1, 0.15) is 0 Å². The molecule has 1 fully saturated rings. The molecule has 1 heterocycles. The van der Waals surface area contributed by atoms with Gasteiger partial charge in [0.05, 0.1) is 5.75 Å². The van der Waals surface area contributed by atoms with Crippen LogP contribution in [-0.2, 0) is 15.8 Å². The molecule has 0 amide bonds. The van der Waals surface area contributed by atoms with Crippen LogP contribution in [0.25, 0.3) is 0 Å². The molecule has 0 aromatic heterocycles. The molecule has 2 atom stereocenters. The summed E-state index contributed by atoms with van der Waals surface area (Å²) in [6, 6.07) is 9.72. The maximum Gasteiger partial charge on any atom is 0.216 e. The summed E-state index contributed by atoms with van der Waals surface area (Å²) < 4.78 is 26.9. The quantitative estimate of drug-likeness (QED) is 0.889. The van der Waals surface area contributed by atoms with E-state index in [1.165, 1.54) is 0 Å². The SMILES string of the molecule is CC1CC(NS(=O)(=O)Cc2ccccc2)CCN1.Cl. The summed E-state index contributed by atoms with van der Waals surface area (Å²) in [5, 5.41) is 3.31. The minimum Gasteiger partial charge on any atom is -0.314 e. The van der Waals surface area contributed by atoms with Crippen molar-refractivity contribution in [2.45, 2.75) is 37.6 Å². The zero-order valence-corrected chi connectivity index (χ0v) is 12.6. The van der Waals surface area contributed by atoms with E-state index in [4.69, 9.17) is 0 Å². The minimum atomic E-state index is -3.24. The summed E-state index contributed by atoms with van der Waals surface area (Å²) in [6.07, 6.45) is 1.71. The van der Waals surface area contributed by atoms with Gasteiger partial charge in [-0.05, 0) is 31.9 Å². The highest BCUT2D eigenvalue weighted by Crippen LogP contribution is 2.11. The fourth-order valence-electron chi connectivity index (χ4n) is 2.33. The fraction of sp³-hybridized carbons (Fsp3) is 0.538. The van der Waals surface area contributed by atoms with E-state index < -0.39 is 10.0 Å². The van der Waals surface area contributed by atoms with Crippen molar-refractivity contribution in [2.75, 3.05) is 6.54 Å². The van der Waals surface area contributed by atoms with Gasteiger partial charge < -0.3 is 5.32 Å². The molecule has 2 unspecified atom stereocenters. The molecular weight excluding hydrogens is 284 g/mol. The average Bonchev–Trinajstić information content (AvgIpc) is 2.28. The van der Waals surface area contributed by atoms with E-state index in [1.807, 2.05) is 30.3 Å². The molecule has 0 radical (unpaired) electrons. The number of hydrogen-bond donors (Lipinski definition) is 2. The second kappa shape index (κ2) is 7.24. The topological polar surface area (TPSA) is 58.2 Å². The van der Waals surface area contributed by atoms with Crippen molar-refractivity contribution in [1.29, 1.82) is 0 Å². The van der Waals surface area contributed by atoms with Crippen LogP contribution >= 0.6 is 12.4 Å². The highest BCUT2D eigenvalue weighted by molar-refractivity contribution is 7.88. The van der Waals surface area contributed by atoms with Gasteiger partial charge in [-0.3, -0.25) is 0 Å². The van der Waals surface area contributed by atoms with Crippen LogP contribution in [-0.4, -0.2) is 27.0 Å². The van der Waals surface area contributed by atoms with Crippen molar-refractivity contribution < 1.29 is 8.42 Å². The van der Waals surface area contributed by atoms with Gasteiger partial charge in [0.25, 0.3) is 0 Å². The van der Waals surface area contributed by atoms with Crippen LogP contribution in [0.3, 0.4) is 0 Å². The molecular formula is C13H21ClN2O2S. The summed E-state index contributed by atoms with van der Waals surface area (Å²) in [5.74, 6) is 0.0617. The molecule has 0 bridgehead atoms. The Kier molecular flexibility index (Phi) is 6.26. The Balaban J connectivity index is 0.00000180. The average molecular weight is 305 g/mol. The smallest absolute Gasteiger partial charge is 0.216 e. The summed E-state index contributed by atoms with van der Waals surface area (Å²) in [6.45, 7) is 2.96. The van der Waals surface area contributed by atoms with E-state index in [9.17, 15) is 8.42 Å². The standard InChI is InChI=1S/C13H20N2O2S.ClH/c1-11-9-13(7-8-14-11)15-18(16,17)10-12-5-3-2-4-6-12;/h2-6,11,13-15H,7-10H2,1H3;1H. The molecule has 2 rings (SSSR count). The van der Waals surface area contributed by atoms with E-state index in [0.717, 1.165) is 24.9 Å². The second-order valence-electron chi connectivity index (χ2n) is 4.94. The molecule has 1 aliphatic rings. The van der Waals surface area contributed by atoms with Gasteiger partial charge in [-0.25, -0.2) is 13.1 Å². The lowest BCUT2D eigenvalue weighted by atomic mass is 10.0. The van der Waals surface area contributed by atoms with Crippen molar-refractivity contribution in [3.05, 3.63) is 35.9 Å².